The Morgan fingerprint density at radius 1 is 1.22 bits per heavy atom. The summed E-state index contributed by atoms with van der Waals surface area (Å²) >= 11 is 0. The number of carboxylic acids is 1. The molecule has 6 nitrogen and oxygen atoms in total. The lowest BCUT2D eigenvalue weighted by atomic mass is 9.91. The molecule has 0 spiro atoms. The fraction of sp³-hybridized carbons (Fsp3) is 0.833. The van der Waals surface area contributed by atoms with Gasteiger partial charge in [-0.05, 0) is 18.8 Å². The van der Waals surface area contributed by atoms with Gasteiger partial charge >= 0.3 is 12.0 Å². The molecule has 2 aliphatic rings. The van der Waals surface area contributed by atoms with Crippen molar-refractivity contribution in [2.75, 3.05) is 32.7 Å². The molecule has 2 heterocycles. The van der Waals surface area contributed by atoms with E-state index in [1.54, 1.807) is 9.80 Å². The van der Waals surface area contributed by atoms with Gasteiger partial charge in [-0.25, -0.2) is 9.59 Å². The van der Waals surface area contributed by atoms with Crippen molar-refractivity contribution in [2.45, 2.75) is 25.8 Å². The van der Waals surface area contributed by atoms with Crippen molar-refractivity contribution in [3.05, 3.63) is 0 Å². The van der Waals surface area contributed by atoms with E-state index in [0.29, 0.717) is 19.6 Å². The van der Waals surface area contributed by atoms with Gasteiger partial charge in [-0.1, -0.05) is 6.92 Å². The normalized spacial score (nSPS) is 29.2. The molecule has 0 saturated carbocycles. The Hall–Kier alpha value is -1.30. The molecule has 0 radical (unpaired) electrons. The van der Waals surface area contributed by atoms with Gasteiger partial charge in [0.05, 0.1) is 0 Å². The standard InChI is InChI=1S/C12H21N3O3/c1-9-3-2-6-15(10(9)11(16)17)12(18)14-7-4-13-5-8-14/h9-10,13H,2-8H2,1H3,(H,16,17). The van der Waals surface area contributed by atoms with Gasteiger partial charge in [-0.15, -0.1) is 0 Å². The fourth-order valence-electron chi connectivity index (χ4n) is 2.82. The van der Waals surface area contributed by atoms with Crippen LogP contribution >= 0.6 is 0 Å². The number of nitrogens with zero attached hydrogens (tertiary/aromatic N) is 2. The molecule has 2 fully saturated rings. The zero-order chi connectivity index (χ0) is 13.1. The highest BCUT2D eigenvalue weighted by molar-refractivity contribution is 5.83. The first kappa shape index (κ1) is 13.1. The van der Waals surface area contributed by atoms with E-state index in [0.717, 1.165) is 25.9 Å². The minimum absolute atomic E-state index is 0.0307. The molecule has 6 heteroatoms. The Kier molecular flexibility index (Phi) is 4.06. The van der Waals surface area contributed by atoms with Crippen LogP contribution < -0.4 is 5.32 Å². The lowest BCUT2D eigenvalue weighted by Gasteiger charge is -2.41. The second-order valence-corrected chi connectivity index (χ2v) is 5.12. The number of rotatable bonds is 1. The average Bonchev–Trinajstić information content (AvgIpc) is 2.38. The number of likely N-dealkylation sites (tertiary alicyclic amines) is 1. The van der Waals surface area contributed by atoms with Gasteiger partial charge in [0.25, 0.3) is 0 Å². The second kappa shape index (κ2) is 5.56. The summed E-state index contributed by atoms with van der Waals surface area (Å²) in [5.74, 6) is -0.853. The molecule has 0 aromatic rings. The number of carboxylic acid groups (broad SMARTS) is 1. The van der Waals surface area contributed by atoms with Gasteiger partial charge in [-0.3, -0.25) is 0 Å². The zero-order valence-corrected chi connectivity index (χ0v) is 10.8. The molecule has 0 aromatic carbocycles. The number of nitrogens with one attached hydrogen (secondary N) is 1. The van der Waals surface area contributed by atoms with Gasteiger partial charge in [0.2, 0.25) is 0 Å². The highest BCUT2D eigenvalue weighted by Crippen LogP contribution is 2.24. The third kappa shape index (κ3) is 2.58. The lowest BCUT2D eigenvalue weighted by Crippen LogP contribution is -2.58. The molecule has 2 atom stereocenters. The van der Waals surface area contributed by atoms with Gasteiger partial charge < -0.3 is 20.2 Å². The van der Waals surface area contributed by atoms with Crippen molar-refractivity contribution in [3.8, 4) is 0 Å². The monoisotopic (exact) mass is 255 g/mol. The maximum atomic E-state index is 12.4. The quantitative estimate of drug-likeness (QED) is 0.702. The minimum Gasteiger partial charge on any atom is -0.480 e. The molecule has 18 heavy (non-hydrogen) atoms. The number of piperidine rings is 1. The van der Waals surface area contributed by atoms with Crippen LogP contribution in [0.3, 0.4) is 0 Å². The van der Waals surface area contributed by atoms with Gasteiger partial charge in [-0.2, -0.15) is 0 Å². The van der Waals surface area contributed by atoms with E-state index in [1.807, 2.05) is 6.92 Å². The number of carbonyl (C=O) groups is 2. The van der Waals surface area contributed by atoms with E-state index < -0.39 is 12.0 Å². The van der Waals surface area contributed by atoms with Crippen molar-refractivity contribution >= 4 is 12.0 Å². The van der Waals surface area contributed by atoms with Crippen LogP contribution in [0.1, 0.15) is 19.8 Å². The number of aliphatic carboxylic acids is 1. The largest absolute Gasteiger partial charge is 0.480 e. The Morgan fingerprint density at radius 2 is 1.89 bits per heavy atom. The van der Waals surface area contributed by atoms with Crippen molar-refractivity contribution in [1.82, 2.24) is 15.1 Å². The smallest absolute Gasteiger partial charge is 0.326 e. The molecule has 102 valence electrons. The van der Waals surface area contributed by atoms with E-state index in [-0.39, 0.29) is 11.9 Å². The molecule has 0 aliphatic carbocycles. The predicted octanol–water partition coefficient (Wildman–Crippen LogP) is 0.197. The highest BCUT2D eigenvalue weighted by atomic mass is 16.4. The number of hydrogen-bond acceptors (Lipinski definition) is 3. The van der Waals surface area contributed by atoms with Crippen LogP contribution in [0, 0.1) is 5.92 Å². The second-order valence-electron chi connectivity index (χ2n) is 5.12. The summed E-state index contributed by atoms with van der Waals surface area (Å²) in [5.41, 5.74) is 0. The summed E-state index contributed by atoms with van der Waals surface area (Å²) in [7, 11) is 0. The van der Waals surface area contributed by atoms with E-state index in [4.69, 9.17) is 0 Å². The Morgan fingerprint density at radius 3 is 2.50 bits per heavy atom. The van der Waals surface area contributed by atoms with E-state index in [2.05, 4.69) is 5.32 Å². The molecule has 2 unspecified atom stereocenters. The van der Waals surface area contributed by atoms with E-state index >= 15 is 0 Å². The minimum atomic E-state index is -0.884. The first-order valence-corrected chi connectivity index (χ1v) is 6.60. The number of carbonyl (C=O) groups excluding carboxylic acids is 1. The van der Waals surface area contributed by atoms with Gasteiger partial charge in [0, 0.05) is 32.7 Å². The zero-order valence-electron chi connectivity index (χ0n) is 10.8. The molecule has 2 saturated heterocycles. The number of hydrogen-bond donors (Lipinski definition) is 2. The fourth-order valence-corrected chi connectivity index (χ4v) is 2.82. The molecule has 0 bridgehead atoms. The number of amides is 2. The molecule has 2 aliphatic heterocycles. The van der Waals surface area contributed by atoms with Gasteiger partial charge in [0.15, 0.2) is 0 Å². The Bertz CT molecular complexity index is 329. The van der Waals surface area contributed by atoms with Crippen LogP contribution in [0.4, 0.5) is 4.79 Å². The molecular formula is C12H21N3O3. The predicted molar refractivity (Wildman–Crippen MR) is 66.4 cm³/mol. The number of piperazine rings is 1. The topological polar surface area (TPSA) is 72.9 Å². The lowest BCUT2D eigenvalue weighted by molar-refractivity contribution is -0.145. The molecule has 2 N–H and O–H groups in total. The van der Waals surface area contributed by atoms with E-state index in [9.17, 15) is 14.7 Å². The van der Waals surface area contributed by atoms with Crippen LogP contribution in [0.2, 0.25) is 0 Å². The average molecular weight is 255 g/mol. The summed E-state index contributed by atoms with van der Waals surface area (Å²) in [6.07, 6.45) is 1.77. The van der Waals surface area contributed by atoms with Crippen LogP contribution in [-0.2, 0) is 4.79 Å². The van der Waals surface area contributed by atoms with Crippen molar-refractivity contribution in [3.63, 3.8) is 0 Å². The summed E-state index contributed by atoms with van der Waals surface area (Å²) in [5, 5.41) is 12.5. The van der Waals surface area contributed by atoms with Gasteiger partial charge in [0.1, 0.15) is 6.04 Å². The summed E-state index contributed by atoms with van der Waals surface area (Å²) in [4.78, 5) is 27.0. The van der Waals surface area contributed by atoms with Crippen molar-refractivity contribution in [2.24, 2.45) is 5.92 Å². The highest BCUT2D eigenvalue weighted by Gasteiger charge is 2.38. The first-order valence-electron chi connectivity index (χ1n) is 6.60. The number of urea groups is 1. The summed E-state index contributed by atoms with van der Waals surface area (Å²) < 4.78 is 0. The maximum Gasteiger partial charge on any atom is 0.326 e. The Balaban J connectivity index is 2.08. The maximum absolute atomic E-state index is 12.4. The Labute approximate surface area is 107 Å². The van der Waals surface area contributed by atoms with E-state index in [1.165, 1.54) is 0 Å². The van der Waals surface area contributed by atoms with Crippen molar-refractivity contribution < 1.29 is 14.7 Å². The van der Waals surface area contributed by atoms with Crippen LogP contribution in [0.25, 0.3) is 0 Å². The third-order valence-electron chi connectivity index (χ3n) is 3.82. The molecule has 2 amide bonds. The van der Waals surface area contributed by atoms with Crippen molar-refractivity contribution in [1.29, 1.82) is 0 Å². The molecular weight excluding hydrogens is 234 g/mol. The molecule has 2 rings (SSSR count). The van der Waals surface area contributed by atoms with Crippen LogP contribution in [0.15, 0.2) is 0 Å². The SMILES string of the molecule is CC1CCCN(C(=O)N2CCNCC2)C1C(=O)O. The van der Waals surface area contributed by atoms with Crippen LogP contribution in [0.5, 0.6) is 0 Å². The summed E-state index contributed by atoms with van der Waals surface area (Å²) in [6, 6.07) is -0.781. The molecule has 0 aromatic heterocycles. The first-order chi connectivity index (χ1) is 8.61. The summed E-state index contributed by atoms with van der Waals surface area (Å²) in [6.45, 7) is 5.37. The van der Waals surface area contributed by atoms with Crippen LogP contribution in [-0.4, -0.2) is 65.7 Å². The third-order valence-corrected chi connectivity index (χ3v) is 3.82.